The third kappa shape index (κ3) is 3.81. The average molecular weight is 443 g/mol. The van der Waals surface area contributed by atoms with Gasteiger partial charge in [-0.25, -0.2) is 4.79 Å². The summed E-state index contributed by atoms with van der Waals surface area (Å²) in [6.45, 7) is 0.860. The molecule has 9 heteroatoms. The third-order valence-electron chi connectivity index (χ3n) is 6.13. The minimum absolute atomic E-state index is 0.0286. The number of hydrogen-bond donors (Lipinski definition) is 1. The van der Waals surface area contributed by atoms with Crippen molar-refractivity contribution < 1.29 is 13.2 Å². The van der Waals surface area contributed by atoms with Gasteiger partial charge in [0.25, 0.3) is 0 Å². The molecule has 2 N–H and O–H groups in total. The van der Waals surface area contributed by atoms with E-state index in [1.165, 1.54) is 0 Å². The molecular formula is C23H24F3N5O. The summed E-state index contributed by atoms with van der Waals surface area (Å²) >= 11 is 0. The lowest BCUT2D eigenvalue weighted by molar-refractivity contribution is -0.135. The molecule has 5 rings (SSSR count). The van der Waals surface area contributed by atoms with Gasteiger partial charge in [-0.05, 0) is 49.1 Å². The van der Waals surface area contributed by atoms with Gasteiger partial charge in [-0.2, -0.15) is 13.2 Å². The molecule has 3 aromatic heterocycles. The first kappa shape index (κ1) is 20.8. The third-order valence-corrected chi connectivity index (χ3v) is 6.13. The van der Waals surface area contributed by atoms with E-state index in [9.17, 15) is 18.0 Å². The van der Waals surface area contributed by atoms with E-state index in [1.54, 1.807) is 17.0 Å². The molecule has 1 aliphatic rings. The second-order valence-corrected chi connectivity index (χ2v) is 8.44. The summed E-state index contributed by atoms with van der Waals surface area (Å²) < 4.78 is 43.7. The van der Waals surface area contributed by atoms with Crippen LogP contribution in [0.5, 0.6) is 0 Å². The molecule has 0 atom stereocenters. The van der Waals surface area contributed by atoms with Gasteiger partial charge in [0.1, 0.15) is 0 Å². The van der Waals surface area contributed by atoms with Gasteiger partial charge in [0.2, 0.25) is 0 Å². The van der Waals surface area contributed by atoms with Crippen molar-refractivity contribution in [3.8, 4) is 0 Å². The average Bonchev–Trinajstić information content (AvgIpc) is 3.48. The number of pyridine rings is 1. The fraction of sp³-hybridized carbons (Fsp3) is 0.391. The van der Waals surface area contributed by atoms with Gasteiger partial charge in [0, 0.05) is 48.3 Å². The smallest absolute Gasteiger partial charge is 0.343 e. The normalized spacial score (nSPS) is 14.6. The molecule has 1 aliphatic carbocycles. The number of aryl methyl sites for hydroxylation is 1. The number of nitrogens with two attached hydrogens (primary N) is 1. The minimum Gasteiger partial charge on any atom is -0.343 e. The molecule has 0 spiro atoms. The van der Waals surface area contributed by atoms with E-state index in [-0.39, 0.29) is 31.2 Å². The number of nitrogens with zero attached hydrogens (tertiary/aromatic N) is 4. The maximum Gasteiger partial charge on any atom is 0.389 e. The standard InChI is InChI=1S/C23H24F3N5O/c24-23(25,26)7-1-9-29-18(11-16-10-15(12-27)2-5-19(16)29)14-30-21-13-28-8-6-20(21)31(22(30)32)17-3-4-17/h2,5-6,8,10-11,13,17H,1,3-4,7,9,12,14,27H2. The topological polar surface area (TPSA) is 70.8 Å². The lowest BCUT2D eigenvalue weighted by Crippen LogP contribution is -2.25. The van der Waals surface area contributed by atoms with Crippen molar-refractivity contribution in [1.29, 1.82) is 0 Å². The van der Waals surface area contributed by atoms with Crippen molar-refractivity contribution in [3.63, 3.8) is 0 Å². The van der Waals surface area contributed by atoms with Crippen LogP contribution in [0.25, 0.3) is 21.9 Å². The number of benzene rings is 1. The number of alkyl halides is 3. The summed E-state index contributed by atoms with van der Waals surface area (Å²) in [6.07, 6.45) is 0.223. The van der Waals surface area contributed by atoms with Gasteiger partial charge in [-0.3, -0.25) is 14.1 Å². The first-order valence-corrected chi connectivity index (χ1v) is 10.8. The second kappa shape index (κ2) is 7.81. The van der Waals surface area contributed by atoms with Gasteiger partial charge >= 0.3 is 11.9 Å². The van der Waals surface area contributed by atoms with Crippen LogP contribution < -0.4 is 11.4 Å². The van der Waals surface area contributed by atoms with Crippen molar-refractivity contribution in [1.82, 2.24) is 18.7 Å². The van der Waals surface area contributed by atoms with E-state index in [0.717, 1.165) is 46.0 Å². The maximum absolute atomic E-state index is 13.3. The van der Waals surface area contributed by atoms with Gasteiger partial charge in [-0.1, -0.05) is 6.07 Å². The molecule has 0 aliphatic heterocycles. The predicted molar refractivity (Wildman–Crippen MR) is 116 cm³/mol. The Balaban J connectivity index is 1.59. The van der Waals surface area contributed by atoms with Crippen molar-refractivity contribution in [3.05, 3.63) is 64.5 Å². The van der Waals surface area contributed by atoms with Crippen LogP contribution in [0.3, 0.4) is 0 Å². The largest absolute Gasteiger partial charge is 0.389 e. The number of rotatable bonds is 7. The summed E-state index contributed by atoms with van der Waals surface area (Å²) in [5, 5.41) is 0.909. The van der Waals surface area contributed by atoms with Crippen LogP contribution in [0, 0.1) is 0 Å². The first-order chi connectivity index (χ1) is 15.4. The first-order valence-electron chi connectivity index (χ1n) is 10.8. The highest BCUT2D eigenvalue weighted by Gasteiger charge is 2.29. The highest BCUT2D eigenvalue weighted by Crippen LogP contribution is 2.36. The molecule has 0 amide bonds. The predicted octanol–water partition coefficient (Wildman–Crippen LogP) is 4.34. The Bertz CT molecular complexity index is 1340. The van der Waals surface area contributed by atoms with Crippen LogP contribution in [0.4, 0.5) is 13.2 Å². The Labute approximate surface area is 182 Å². The number of aromatic nitrogens is 4. The summed E-state index contributed by atoms with van der Waals surface area (Å²) in [5.41, 5.74) is 9.82. The summed E-state index contributed by atoms with van der Waals surface area (Å²) in [6, 6.07) is 9.74. The number of halogens is 3. The van der Waals surface area contributed by atoms with Gasteiger partial charge in [0.05, 0.1) is 23.8 Å². The summed E-state index contributed by atoms with van der Waals surface area (Å²) in [5.74, 6) is 0. The minimum atomic E-state index is -4.20. The molecule has 0 bridgehead atoms. The molecule has 3 heterocycles. The summed E-state index contributed by atoms with van der Waals surface area (Å²) in [4.78, 5) is 17.5. The molecule has 1 aromatic carbocycles. The second-order valence-electron chi connectivity index (χ2n) is 8.44. The lowest BCUT2D eigenvalue weighted by atomic mass is 10.1. The monoisotopic (exact) mass is 443 g/mol. The van der Waals surface area contributed by atoms with E-state index >= 15 is 0 Å². The van der Waals surface area contributed by atoms with Gasteiger partial charge in [-0.15, -0.1) is 0 Å². The van der Waals surface area contributed by atoms with E-state index < -0.39 is 12.6 Å². The Hall–Kier alpha value is -3.07. The molecule has 168 valence electrons. The van der Waals surface area contributed by atoms with Gasteiger partial charge < -0.3 is 10.3 Å². The molecule has 0 radical (unpaired) electrons. The van der Waals surface area contributed by atoms with Crippen molar-refractivity contribution in [2.24, 2.45) is 5.73 Å². The Morgan fingerprint density at radius 1 is 1.06 bits per heavy atom. The van der Waals surface area contributed by atoms with Crippen molar-refractivity contribution in [2.45, 2.75) is 57.5 Å². The molecule has 32 heavy (non-hydrogen) atoms. The Morgan fingerprint density at radius 3 is 2.59 bits per heavy atom. The number of imidazole rings is 1. The van der Waals surface area contributed by atoms with E-state index in [1.807, 2.05) is 39.5 Å². The van der Waals surface area contributed by atoms with Gasteiger partial charge in [0.15, 0.2) is 0 Å². The zero-order valence-corrected chi connectivity index (χ0v) is 17.5. The number of fused-ring (bicyclic) bond motifs is 2. The fourth-order valence-electron chi connectivity index (χ4n) is 4.46. The Morgan fingerprint density at radius 2 is 1.88 bits per heavy atom. The molecule has 0 saturated heterocycles. The van der Waals surface area contributed by atoms with E-state index in [0.29, 0.717) is 6.54 Å². The number of hydrogen-bond acceptors (Lipinski definition) is 3. The molecular weight excluding hydrogens is 419 g/mol. The quantitative estimate of drug-likeness (QED) is 0.462. The van der Waals surface area contributed by atoms with Crippen LogP contribution in [-0.2, 0) is 19.6 Å². The SMILES string of the molecule is NCc1ccc2c(c1)cc(Cn1c(=O)n(C3CC3)c3ccncc31)n2CCCC(F)(F)F. The van der Waals surface area contributed by atoms with Crippen molar-refractivity contribution in [2.75, 3.05) is 0 Å². The van der Waals surface area contributed by atoms with Crippen molar-refractivity contribution >= 4 is 21.9 Å². The zero-order valence-electron chi connectivity index (χ0n) is 17.5. The molecule has 1 fully saturated rings. The molecule has 6 nitrogen and oxygen atoms in total. The van der Waals surface area contributed by atoms with Crippen LogP contribution in [0.15, 0.2) is 47.5 Å². The maximum atomic E-state index is 13.3. The molecule has 1 saturated carbocycles. The fourth-order valence-corrected chi connectivity index (χ4v) is 4.46. The van der Waals surface area contributed by atoms with E-state index in [2.05, 4.69) is 4.98 Å². The summed E-state index contributed by atoms with van der Waals surface area (Å²) in [7, 11) is 0. The van der Waals surface area contributed by atoms with Crippen LogP contribution in [0.2, 0.25) is 0 Å². The molecule has 0 unspecified atom stereocenters. The highest BCUT2D eigenvalue weighted by atomic mass is 19.4. The van der Waals surface area contributed by atoms with Crippen LogP contribution >= 0.6 is 0 Å². The highest BCUT2D eigenvalue weighted by molar-refractivity contribution is 5.82. The van der Waals surface area contributed by atoms with E-state index in [4.69, 9.17) is 5.73 Å². The molecule has 4 aromatic rings. The zero-order chi connectivity index (χ0) is 22.5. The van der Waals surface area contributed by atoms with Crippen LogP contribution in [-0.4, -0.2) is 24.9 Å². The lowest BCUT2D eigenvalue weighted by Gasteiger charge is -2.13. The Kier molecular flexibility index (Phi) is 5.08. The van der Waals surface area contributed by atoms with Crippen LogP contribution in [0.1, 0.15) is 43.0 Å².